The largest absolute Gasteiger partial charge is 0.394 e. The standard InChI is InChI=1S/C25H43NO18/c1-7-13(26-9-2-8(3-27)14(33)18(37)15(9)34)17(36)20(39)24(41-7)44-23-12(6-30)42-25(21(40)19(23)38)43-22(11(32)5-29)16(35)10(31)4-28/h2,4,7,9-27,29-40H,3,5-6H2,1H3/t7-,9?,10?,11-,12?,13?,14-,15+,16?,17+,18?,19?,20?,21-,22?,23?,24?,25-/m1/s1. The van der Waals surface area contributed by atoms with Gasteiger partial charge < -0.3 is 95.4 Å². The molecule has 0 aromatic heterocycles. The quantitative estimate of drug-likeness (QED) is 0.0653. The molecule has 0 radical (unpaired) electrons. The van der Waals surface area contributed by atoms with E-state index in [4.69, 9.17) is 18.9 Å². The van der Waals surface area contributed by atoms with Gasteiger partial charge in [0.2, 0.25) is 0 Å². The van der Waals surface area contributed by atoms with E-state index < -0.39 is 130 Å². The van der Waals surface area contributed by atoms with Crippen LogP contribution in [0, 0.1) is 0 Å². The fourth-order valence-electron chi connectivity index (χ4n) is 5.36. The van der Waals surface area contributed by atoms with E-state index in [9.17, 15) is 71.2 Å². The summed E-state index contributed by atoms with van der Waals surface area (Å²) in [6, 6.07) is -2.21. The molecule has 2 saturated heterocycles. The number of rotatable bonds is 13. The van der Waals surface area contributed by atoms with Gasteiger partial charge in [-0.1, -0.05) is 6.08 Å². The van der Waals surface area contributed by atoms with Gasteiger partial charge in [-0.2, -0.15) is 0 Å². The molecule has 18 atom stereocenters. The highest BCUT2D eigenvalue weighted by atomic mass is 16.7. The monoisotopic (exact) mass is 645 g/mol. The molecule has 0 amide bonds. The molecule has 2 heterocycles. The predicted octanol–water partition coefficient (Wildman–Crippen LogP) is -8.72. The van der Waals surface area contributed by atoms with Crippen molar-refractivity contribution >= 4 is 6.29 Å². The SMILES string of the molecule is C[C@H]1OC(OC2C(CO)O[C@H](OC(C(O)C(O)C=O)[C@H](O)CO)[C@H](O)C2O)C(O)[C@@H](O)C1NC1C=C(CO)[C@@H](O)C(O)[C@H]1O. The third-order valence-electron chi connectivity index (χ3n) is 8.03. The lowest BCUT2D eigenvalue weighted by molar-refractivity contribution is -0.361. The van der Waals surface area contributed by atoms with Crippen molar-refractivity contribution in [2.24, 2.45) is 0 Å². The summed E-state index contributed by atoms with van der Waals surface area (Å²) in [6.07, 6.45) is -26.8. The van der Waals surface area contributed by atoms with Crippen molar-refractivity contribution in [2.45, 2.75) is 117 Å². The third-order valence-corrected chi connectivity index (χ3v) is 8.03. The molecule has 0 aromatic rings. The average molecular weight is 646 g/mol. The Hall–Kier alpha value is -1.31. The predicted molar refractivity (Wildman–Crippen MR) is 139 cm³/mol. The molecule has 256 valence electrons. The lowest BCUT2D eigenvalue weighted by Gasteiger charge is -2.48. The Morgan fingerprint density at radius 3 is 2.09 bits per heavy atom. The van der Waals surface area contributed by atoms with Crippen molar-refractivity contribution in [2.75, 3.05) is 19.8 Å². The molecule has 1 aliphatic carbocycles. The van der Waals surface area contributed by atoms with Crippen molar-refractivity contribution in [1.82, 2.24) is 5.32 Å². The Bertz CT molecular complexity index is 943. The maximum atomic E-state index is 10.9. The van der Waals surface area contributed by atoms with Crippen LogP contribution in [-0.4, -0.2) is 203 Å². The zero-order valence-corrected chi connectivity index (χ0v) is 23.5. The summed E-state index contributed by atoms with van der Waals surface area (Å²) in [5, 5.41) is 135. The summed E-state index contributed by atoms with van der Waals surface area (Å²) in [5.41, 5.74) is 0.00900. The molecule has 11 unspecified atom stereocenters. The van der Waals surface area contributed by atoms with Crippen LogP contribution in [0.2, 0.25) is 0 Å². The van der Waals surface area contributed by atoms with Crippen LogP contribution in [0.5, 0.6) is 0 Å². The van der Waals surface area contributed by atoms with E-state index in [2.05, 4.69) is 5.32 Å². The average Bonchev–Trinajstić information content (AvgIpc) is 3.02. The number of aldehydes is 1. The fraction of sp³-hybridized carbons (Fsp3) is 0.880. The second kappa shape index (κ2) is 16.0. The zero-order valence-electron chi connectivity index (χ0n) is 23.5. The lowest BCUT2D eigenvalue weighted by Crippen LogP contribution is -2.68. The Labute approximate surface area is 250 Å². The summed E-state index contributed by atoms with van der Waals surface area (Å²) in [7, 11) is 0. The van der Waals surface area contributed by atoms with Crippen molar-refractivity contribution in [3.8, 4) is 0 Å². The molecule has 0 spiro atoms. The van der Waals surface area contributed by atoms with E-state index >= 15 is 0 Å². The van der Waals surface area contributed by atoms with Crippen LogP contribution in [0.1, 0.15) is 6.92 Å². The van der Waals surface area contributed by atoms with Crippen LogP contribution in [-0.2, 0) is 23.7 Å². The third kappa shape index (κ3) is 7.79. The molecule has 19 nitrogen and oxygen atoms in total. The molecular formula is C25H43NO18. The Balaban J connectivity index is 1.71. The van der Waals surface area contributed by atoms with Crippen LogP contribution in [0.25, 0.3) is 0 Å². The molecule has 0 aromatic carbocycles. The van der Waals surface area contributed by atoms with Crippen molar-refractivity contribution in [3.63, 3.8) is 0 Å². The van der Waals surface area contributed by atoms with E-state index in [1.165, 1.54) is 13.0 Å². The van der Waals surface area contributed by atoms with Gasteiger partial charge in [-0.05, 0) is 12.5 Å². The van der Waals surface area contributed by atoms with Crippen molar-refractivity contribution in [1.29, 1.82) is 0 Å². The number of hydrogen-bond donors (Lipinski definition) is 14. The van der Waals surface area contributed by atoms with Gasteiger partial charge in [0.15, 0.2) is 18.9 Å². The number of nitrogens with one attached hydrogen (secondary N) is 1. The van der Waals surface area contributed by atoms with Crippen LogP contribution in [0.3, 0.4) is 0 Å². The maximum absolute atomic E-state index is 10.9. The minimum Gasteiger partial charge on any atom is -0.394 e. The first kappa shape index (κ1) is 37.2. The number of hydrogen-bond acceptors (Lipinski definition) is 19. The first-order valence-electron chi connectivity index (χ1n) is 13.9. The van der Waals surface area contributed by atoms with Crippen molar-refractivity contribution < 1.29 is 90.1 Å². The molecular weight excluding hydrogens is 602 g/mol. The van der Waals surface area contributed by atoms with Crippen LogP contribution < -0.4 is 5.32 Å². The van der Waals surface area contributed by atoms with Gasteiger partial charge in [0.25, 0.3) is 0 Å². The minimum atomic E-state index is -2.10. The van der Waals surface area contributed by atoms with Gasteiger partial charge >= 0.3 is 0 Å². The molecule has 44 heavy (non-hydrogen) atoms. The highest BCUT2D eigenvalue weighted by Crippen LogP contribution is 2.31. The Kier molecular flexibility index (Phi) is 13.5. The van der Waals surface area contributed by atoms with E-state index in [-0.39, 0.29) is 11.9 Å². The molecule has 14 N–H and O–H groups in total. The maximum Gasteiger partial charge on any atom is 0.187 e. The van der Waals surface area contributed by atoms with Crippen molar-refractivity contribution in [3.05, 3.63) is 11.6 Å². The molecule has 3 rings (SSSR count). The fourth-order valence-corrected chi connectivity index (χ4v) is 5.36. The van der Waals surface area contributed by atoms with E-state index in [0.717, 1.165) is 0 Å². The second-order valence-electron chi connectivity index (χ2n) is 11.0. The van der Waals surface area contributed by atoms with Gasteiger partial charge in [-0.15, -0.1) is 0 Å². The number of carbonyl (C=O) groups is 1. The summed E-state index contributed by atoms with van der Waals surface area (Å²) in [4.78, 5) is 10.9. The minimum absolute atomic E-state index is 0.00900. The molecule has 0 saturated carbocycles. The van der Waals surface area contributed by atoms with Crippen LogP contribution in [0.15, 0.2) is 11.6 Å². The number of carbonyl (C=O) groups excluding carboxylic acids is 1. The smallest absolute Gasteiger partial charge is 0.187 e. The summed E-state index contributed by atoms with van der Waals surface area (Å²) in [5.74, 6) is 0. The van der Waals surface area contributed by atoms with E-state index in [0.29, 0.717) is 0 Å². The summed E-state index contributed by atoms with van der Waals surface area (Å²) >= 11 is 0. The molecule has 0 bridgehead atoms. The lowest BCUT2D eigenvalue weighted by atomic mass is 9.86. The normalized spacial score (nSPS) is 44.4. The van der Waals surface area contributed by atoms with Gasteiger partial charge in [-0.3, -0.25) is 0 Å². The summed E-state index contributed by atoms with van der Waals surface area (Å²) in [6.45, 7) is -1.08. The van der Waals surface area contributed by atoms with Crippen LogP contribution >= 0.6 is 0 Å². The first-order valence-corrected chi connectivity index (χ1v) is 13.9. The number of ether oxygens (including phenoxy) is 4. The molecule has 19 heteroatoms. The molecule has 2 aliphatic heterocycles. The highest BCUT2D eigenvalue weighted by molar-refractivity contribution is 5.56. The molecule has 2 fully saturated rings. The van der Waals surface area contributed by atoms with Gasteiger partial charge in [-0.25, -0.2) is 0 Å². The topological polar surface area (TPSA) is 329 Å². The van der Waals surface area contributed by atoms with E-state index in [1.54, 1.807) is 0 Å². The van der Waals surface area contributed by atoms with Gasteiger partial charge in [0.1, 0.15) is 79.4 Å². The van der Waals surface area contributed by atoms with E-state index in [1.807, 2.05) is 0 Å². The van der Waals surface area contributed by atoms with Crippen LogP contribution in [0.4, 0.5) is 0 Å². The molecule has 3 aliphatic rings. The van der Waals surface area contributed by atoms with Gasteiger partial charge in [0.05, 0.1) is 38.0 Å². The number of aliphatic hydroxyl groups excluding tert-OH is 13. The number of aliphatic hydroxyl groups is 13. The summed E-state index contributed by atoms with van der Waals surface area (Å²) < 4.78 is 22.0. The Morgan fingerprint density at radius 1 is 0.886 bits per heavy atom. The zero-order chi connectivity index (χ0) is 33.0. The first-order chi connectivity index (χ1) is 20.7. The second-order valence-corrected chi connectivity index (χ2v) is 11.0. The Morgan fingerprint density at radius 2 is 1.52 bits per heavy atom. The van der Waals surface area contributed by atoms with Gasteiger partial charge in [0, 0.05) is 0 Å². The highest BCUT2D eigenvalue weighted by Gasteiger charge is 2.52.